The van der Waals surface area contributed by atoms with Crippen LogP contribution in [0.25, 0.3) is 0 Å². The van der Waals surface area contributed by atoms with Crippen molar-refractivity contribution in [2.24, 2.45) is 10.7 Å². The van der Waals surface area contributed by atoms with Crippen molar-refractivity contribution in [1.82, 2.24) is 10.2 Å². The van der Waals surface area contributed by atoms with E-state index < -0.39 is 0 Å². The van der Waals surface area contributed by atoms with Crippen molar-refractivity contribution in [3.63, 3.8) is 0 Å². The Morgan fingerprint density at radius 3 is 2.95 bits per heavy atom. The summed E-state index contributed by atoms with van der Waals surface area (Å²) >= 11 is 0. The second-order valence-corrected chi connectivity index (χ2v) is 4.75. The molecule has 0 aliphatic heterocycles. The van der Waals surface area contributed by atoms with E-state index in [9.17, 15) is 0 Å². The van der Waals surface area contributed by atoms with Gasteiger partial charge in [-0.3, -0.25) is 5.10 Å². The van der Waals surface area contributed by atoms with Crippen LogP contribution in [0.5, 0.6) is 0 Å². The Kier molecular flexibility index (Phi) is 4.99. The minimum absolute atomic E-state index is 0. The Hall–Kier alpha value is -1.57. The lowest BCUT2D eigenvalue weighted by Crippen LogP contribution is -2.22. The number of benzene rings is 1. The first kappa shape index (κ1) is 14.8. The quantitative estimate of drug-likeness (QED) is 0.433. The summed E-state index contributed by atoms with van der Waals surface area (Å²) in [6.07, 6.45) is 5.31. The summed E-state index contributed by atoms with van der Waals surface area (Å²) in [7, 11) is 0. The first-order valence-electron chi connectivity index (χ1n) is 6.48. The standard InChI is InChI=1S/C14H17N5.HI/c15-14(16-9-13-6-7-17-19-13)18-12-5-4-10-2-1-3-11(10)8-12;/h4-8H,1-3,9H2,(H,17,19)(H3,15,16,18);1H. The van der Waals surface area contributed by atoms with Crippen molar-refractivity contribution in [3.8, 4) is 0 Å². The molecule has 0 fully saturated rings. The monoisotopic (exact) mass is 383 g/mol. The number of aryl methyl sites for hydroxylation is 2. The number of aromatic amines is 1. The molecule has 1 aromatic carbocycles. The normalized spacial score (nSPS) is 13.7. The minimum atomic E-state index is 0. The molecule has 0 saturated carbocycles. The first-order chi connectivity index (χ1) is 9.31. The first-order valence-corrected chi connectivity index (χ1v) is 6.48. The smallest absolute Gasteiger partial charge is 0.193 e. The van der Waals surface area contributed by atoms with Crippen molar-refractivity contribution in [2.75, 3.05) is 5.32 Å². The van der Waals surface area contributed by atoms with Gasteiger partial charge >= 0.3 is 0 Å². The average molecular weight is 383 g/mol. The molecule has 1 heterocycles. The van der Waals surface area contributed by atoms with Crippen LogP contribution in [0.3, 0.4) is 0 Å². The van der Waals surface area contributed by atoms with Gasteiger partial charge < -0.3 is 11.1 Å². The summed E-state index contributed by atoms with van der Waals surface area (Å²) in [5.74, 6) is 0.424. The van der Waals surface area contributed by atoms with Gasteiger partial charge in [-0.25, -0.2) is 4.99 Å². The van der Waals surface area contributed by atoms with Crippen LogP contribution < -0.4 is 11.1 Å². The summed E-state index contributed by atoms with van der Waals surface area (Å²) in [5, 5.41) is 9.85. The Morgan fingerprint density at radius 2 is 2.15 bits per heavy atom. The van der Waals surface area contributed by atoms with E-state index in [-0.39, 0.29) is 24.0 Å². The molecule has 20 heavy (non-hydrogen) atoms. The maximum Gasteiger partial charge on any atom is 0.193 e. The predicted molar refractivity (Wildman–Crippen MR) is 91.4 cm³/mol. The molecule has 1 aliphatic rings. The van der Waals surface area contributed by atoms with E-state index in [1.165, 1.54) is 24.0 Å². The molecule has 0 bridgehead atoms. The molecule has 1 aliphatic carbocycles. The number of guanidine groups is 1. The number of nitrogens with two attached hydrogens (primary N) is 1. The van der Waals surface area contributed by atoms with Crippen molar-refractivity contribution in [1.29, 1.82) is 0 Å². The number of rotatable bonds is 3. The average Bonchev–Trinajstić information content (AvgIpc) is 3.07. The molecule has 106 valence electrons. The third kappa shape index (κ3) is 3.50. The minimum Gasteiger partial charge on any atom is -0.370 e. The Labute approximate surface area is 135 Å². The third-order valence-electron chi connectivity index (χ3n) is 3.35. The lowest BCUT2D eigenvalue weighted by Gasteiger charge is -2.07. The molecule has 3 rings (SSSR count). The fourth-order valence-electron chi connectivity index (χ4n) is 2.38. The van der Waals surface area contributed by atoms with Gasteiger partial charge in [0, 0.05) is 11.9 Å². The van der Waals surface area contributed by atoms with E-state index in [1.54, 1.807) is 6.20 Å². The number of halogens is 1. The van der Waals surface area contributed by atoms with Crippen LogP contribution in [0, 0.1) is 0 Å². The Morgan fingerprint density at radius 1 is 1.30 bits per heavy atom. The van der Waals surface area contributed by atoms with E-state index >= 15 is 0 Å². The predicted octanol–water partition coefficient (Wildman–Crippen LogP) is 2.44. The molecule has 0 radical (unpaired) electrons. The van der Waals surface area contributed by atoms with E-state index in [2.05, 4.69) is 38.7 Å². The second-order valence-electron chi connectivity index (χ2n) is 4.75. The maximum absolute atomic E-state index is 5.87. The highest BCUT2D eigenvalue weighted by molar-refractivity contribution is 14.0. The van der Waals surface area contributed by atoms with Gasteiger partial charge in [0.2, 0.25) is 0 Å². The van der Waals surface area contributed by atoms with E-state index in [4.69, 9.17) is 5.73 Å². The van der Waals surface area contributed by atoms with Gasteiger partial charge in [0.1, 0.15) is 0 Å². The molecule has 0 unspecified atom stereocenters. The number of nitrogens with zero attached hydrogens (tertiary/aromatic N) is 2. The van der Waals surface area contributed by atoms with Crippen LogP contribution in [-0.2, 0) is 19.4 Å². The Bertz CT molecular complexity index is 592. The highest BCUT2D eigenvalue weighted by Crippen LogP contribution is 2.24. The molecule has 0 amide bonds. The second kappa shape index (κ2) is 6.74. The van der Waals surface area contributed by atoms with Crippen molar-refractivity contribution in [2.45, 2.75) is 25.8 Å². The van der Waals surface area contributed by atoms with E-state index in [0.717, 1.165) is 17.8 Å². The number of H-pyrrole nitrogens is 1. The molecule has 0 saturated heterocycles. The van der Waals surface area contributed by atoms with Crippen LogP contribution in [0.2, 0.25) is 0 Å². The molecule has 4 N–H and O–H groups in total. The van der Waals surface area contributed by atoms with Gasteiger partial charge in [-0.05, 0) is 48.6 Å². The highest BCUT2D eigenvalue weighted by atomic mass is 127. The van der Waals surface area contributed by atoms with Crippen molar-refractivity contribution < 1.29 is 0 Å². The number of fused-ring (bicyclic) bond motifs is 1. The fourth-order valence-corrected chi connectivity index (χ4v) is 2.38. The zero-order chi connectivity index (χ0) is 13.1. The van der Waals surface area contributed by atoms with Gasteiger partial charge in [0.25, 0.3) is 0 Å². The van der Waals surface area contributed by atoms with Crippen LogP contribution in [0.1, 0.15) is 23.2 Å². The van der Waals surface area contributed by atoms with Crippen LogP contribution in [0.4, 0.5) is 5.69 Å². The third-order valence-corrected chi connectivity index (χ3v) is 3.35. The number of aliphatic imine (C=N–C) groups is 1. The number of nitrogens with one attached hydrogen (secondary N) is 2. The van der Waals surface area contributed by atoms with Crippen LogP contribution >= 0.6 is 24.0 Å². The highest BCUT2D eigenvalue weighted by Gasteiger charge is 2.10. The van der Waals surface area contributed by atoms with E-state index in [1.807, 2.05) is 6.07 Å². The summed E-state index contributed by atoms with van der Waals surface area (Å²) in [6.45, 7) is 0.504. The summed E-state index contributed by atoms with van der Waals surface area (Å²) in [6, 6.07) is 8.28. The number of anilines is 1. The largest absolute Gasteiger partial charge is 0.370 e. The number of aromatic nitrogens is 2. The fraction of sp³-hybridized carbons (Fsp3) is 0.286. The molecule has 0 spiro atoms. The van der Waals surface area contributed by atoms with Gasteiger partial charge in [0.15, 0.2) is 5.96 Å². The molecule has 5 nitrogen and oxygen atoms in total. The molecule has 2 aromatic rings. The van der Waals surface area contributed by atoms with Gasteiger partial charge in [-0.2, -0.15) is 5.10 Å². The summed E-state index contributed by atoms with van der Waals surface area (Å²) in [4.78, 5) is 4.27. The molecular weight excluding hydrogens is 365 g/mol. The van der Waals surface area contributed by atoms with Crippen LogP contribution in [0.15, 0.2) is 35.5 Å². The summed E-state index contributed by atoms with van der Waals surface area (Å²) in [5.41, 5.74) is 10.7. The van der Waals surface area contributed by atoms with E-state index in [0.29, 0.717) is 12.5 Å². The Balaban J connectivity index is 0.00000147. The summed E-state index contributed by atoms with van der Waals surface area (Å²) < 4.78 is 0. The molecule has 0 atom stereocenters. The number of hydrogen-bond acceptors (Lipinski definition) is 2. The zero-order valence-corrected chi connectivity index (χ0v) is 13.4. The lowest BCUT2D eigenvalue weighted by atomic mass is 10.1. The zero-order valence-electron chi connectivity index (χ0n) is 11.1. The van der Waals surface area contributed by atoms with Gasteiger partial charge in [-0.15, -0.1) is 24.0 Å². The molecular formula is C14H18IN5. The van der Waals surface area contributed by atoms with Crippen LogP contribution in [-0.4, -0.2) is 16.2 Å². The lowest BCUT2D eigenvalue weighted by molar-refractivity contribution is 0.912. The maximum atomic E-state index is 5.87. The van der Waals surface area contributed by atoms with Gasteiger partial charge in [0.05, 0.1) is 12.2 Å². The van der Waals surface area contributed by atoms with Crippen molar-refractivity contribution >= 4 is 35.6 Å². The van der Waals surface area contributed by atoms with Gasteiger partial charge in [-0.1, -0.05) is 6.07 Å². The molecule has 6 heteroatoms. The molecule has 1 aromatic heterocycles. The van der Waals surface area contributed by atoms with Crippen molar-refractivity contribution in [3.05, 3.63) is 47.3 Å². The number of hydrogen-bond donors (Lipinski definition) is 3. The topological polar surface area (TPSA) is 79.1 Å². The SMILES string of the molecule is I.NC(=NCc1ccn[nH]1)Nc1ccc2c(c1)CCC2.